The summed E-state index contributed by atoms with van der Waals surface area (Å²) in [7, 11) is 3.79. The summed E-state index contributed by atoms with van der Waals surface area (Å²) < 4.78 is 13.4. The molecule has 0 radical (unpaired) electrons. The van der Waals surface area contributed by atoms with Gasteiger partial charge in [-0.1, -0.05) is 26.0 Å². The van der Waals surface area contributed by atoms with Crippen molar-refractivity contribution in [2.75, 3.05) is 32.1 Å². The highest BCUT2D eigenvalue weighted by atomic mass is 19.1. The van der Waals surface area contributed by atoms with E-state index in [1.165, 1.54) is 12.1 Å². The molecule has 0 bridgehead atoms. The first-order chi connectivity index (χ1) is 14.8. The standard InChI is InChI=1S/C23H27FN6O/c1-14(2)19-11-20(28-27-19)22(31)30-10-9-16(13-30)21-18(12-25-23(26-21)29(3)4)15-5-7-17(24)8-6-15/h5-8,11-12,14,16H,9-10,13H2,1-4H3,(H,27,28). The SMILES string of the molecule is CC(C)c1cc(C(=O)N2CCC(c3nc(N(C)C)ncc3-c3ccc(F)cc3)C2)n[nH]1. The number of aromatic nitrogens is 4. The Hall–Kier alpha value is -3.29. The zero-order valence-corrected chi connectivity index (χ0v) is 18.3. The van der Waals surface area contributed by atoms with Crippen LogP contribution in [0.1, 0.15) is 54.0 Å². The Balaban J connectivity index is 1.62. The molecule has 1 unspecified atom stereocenters. The highest BCUT2D eigenvalue weighted by Gasteiger charge is 2.32. The first-order valence-electron chi connectivity index (χ1n) is 10.5. The second kappa shape index (κ2) is 8.45. The van der Waals surface area contributed by atoms with E-state index in [1.54, 1.807) is 18.3 Å². The van der Waals surface area contributed by atoms with Gasteiger partial charge in [0.25, 0.3) is 5.91 Å². The van der Waals surface area contributed by atoms with Crippen molar-refractivity contribution in [1.29, 1.82) is 0 Å². The number of likely N-dealkylation sites (tertiary alicyclic amines) is 1. The molecule has 162 valence electrons. The maximum absolute atomic E-state index is 13.4. The Bertz CT molecular complexity index is 1080. The van der Waals surface area contributed by atoms with Crippen LogP contribution < -0.4 is 4.90 Å². The molecular weight excluding hydrogens is 395 g/mol. The Morgan fingerprint density at radius 3 is 2.65 bits per heavy atom. The molecule has 1 aliphatic rings. The lowest BCUT2D eigenvalue weighted by atomic mass is 9.96. The molecule has 0 spiro atoms. The highest BCUT2D eigenvalue weighted by molar-refractivity contribution is 5.92. The first kappa shape index (κ1) is 21.0. The number of hydrogen-bond donors (Lipinski definition) is 1. The van der Waals surface area contributed by atoms with Crippen LogP contribution in [-0.2, 0) is 0 Å². The van der Waals surface area contributed by atoms with Gasteiger partial charge in [-0.3, -0.25) is 9.89 Å². The zero-order valence-electron chi connectivity index (χ0n) is 18.3. The molecule has 1 N–H and O–H groups in total. The second-order valence-corrected chi connectivity index (χ2v) is 8.47. The number of halogens is 1. The predicted molar refractivity (Wildman–Crippen MR) is 118 cm³/mol. The number of nitrogens with zero attached hydrogens (tertiary/aromatic N) is 5. The quantitative estimate of drug-likeness (QED) is 0.676. The van der Waals surface area contributed by atoms with Gasteiger partial charge in [0.2, 0.25) is 5.95 Å². The maximum atomic E-state index is 13.4. The lowest BCUT2D eigenvalue weighted by Crippen LogP contribution is -2.29. The summed E-state index contributed by atoms with van der Waals surface area (Å²) in [5, 5.41) is 7.16. The van der Waals surface area contributed by atoms with Crippen LogP contribution in [0.15, 0.2) is 36.5 Å². The number of aromatic amines is 1. The highest BCUT2D eigenvalue weighted by Crippen LogP contribution is 2.34. The molecule has 1 fully saturated rings. The van der Waals surface area contributed by atoms with Gasteiger partial charge in [0, 0.05) is 50.6 Å². The van der Waals surface area contributed by atoms with Crippen molar-refractivity contribution in [3.05, 3.63) is 59.4 Å². The summed E-state index contributed by atoms with van der Waals surface area (Å²) in [6.07, 6.45) is 2.59. The van der Waals surface area contributed by atoms with Gasteiger partial charge in [-0.2, -0.15) is 5.10 Å². The third-order valence-electron chi connectivity index (χ3n) is 5.66. The lowest BCUT2D eigenvalue weighted by molar-refractivity contribution is 0.0785. The zero-order chi connectivity index (χ0) is 22.1. The largest absolute Gasteiger partial charge is 0.347 e. The number of carbonyl (C=O) groups excluding carboxylic acids is 1. The minimum atomic E-state index is -0.284. The molecule has 1 saturated heterocycles. The Kier molecular flexibility index (Phi) is 5.71. The molecule has 3 heterocycles. The van der Waals surface area contributed by atoms with Crippen LogP contribution in [0.4, 0.5) is 10.3 Å². The van der Waals surface area contributed by atoms with E-state index in [0.717, 1.165) is 28.9 Å². The van der Waals surface area contributed by atoms with E-state index in [9.17, 15) is 9.18 Å². The van der Waals surface area contributed by atoms with Gasteiger partial charge in [-0.05, 0) is 36.1 Å². The summed E-state index contributed by atoms with van der Waals surface area (Å²) in [6, 6.07) is 8.18. The number of amides is 1. The minimum Gasteiger partial charge on any atom is -0.347 e. The molecule has 0 saturated carbocycles. The molecular formula is C23H27FN6O. The fraction of sp³-hybridized carbons (Fsp3) is 0.391. The number of nitrogens with one attached hydrogen (secondary N) is 1. The fourth-order valence-electron chi connectivity index (χ4n) is 3.84. The molecule has 1 amide bonds. The number of hydrogen-bond acceptors (Lipinski definition) is 5. The van der Waals surface area contributed by atoms with E-state index in [1.807, 2.05) is 30.0 Å². The summed E-state index contributed by atoms with van der Waals surface area (Å²) >= 11 is 0. The van der Waals surface area contributed by atoms with Crippen LogP contribution in [0.5, 0.6) is 0 Å². The van der Waals surface area contributed by atoms with Crippen molar-refractivity contribution in [2.24, 2.45) is 0 Å². The Morgan fingerprint density at radius 2 is 2.00 bits per heavy atom. The summed E-state index contributed by atoms with van der Waals surface area (Å²) in [5.74, 6) is 0.599. The topological polar surface area (TPSA) is 78.0 Å². The fourth-order valence-corrected chi connectivity index (χ4v) is 3.84. The van der Waals surface area contributed by atoms with Crippen molar-refractivity contribution >= 4 is 11.9 Å². The van der Waals surface area contributed by atoms with E-state index in [-0.39, 0.29) is 23.6 Å². The monoisotopic (exact) mass is 422 g/mol. The molecule has 2 aromatic heterocycles. The van der Waals surface area contributed by atoms with Crippen LogP contribution >= 0.6 is 0 Å². The van der Waals surface area contributed by atoms with Crippen LogP contribution in [0, 0.1) is 5.82 Å². The average Bonchev–Trinajstić information content (AvgIpc) is 3.44. The van der Waals surface area contributed by atoms with E-state index in [2.05, 4.69) is 29.0 Å². The van der Waals surface area contributed by atoms with E-state index < -0.39 is 0 Å². The van der Waals surface area contributed by atoms with Gasteiger partial charge in [-0.15, -0.1) is 0 Å². The molecule has 8 heteroatoms. The lowest BCUT2D eigenvalue weighted by Gasteiger charge is -2.19. The van der Waals surface area contributed by atoms with Crippen molar-refractivity contribution in [1.82, 2.24) is 25.1 Å². The van der Waals surface area contributed by atoms with Crippen LogP contribution in [0.2, 0.25) is 0 Å². The van der Waals surface area contributed by atoms with Gasteiger partial charge in [0.1, 0.15) is 11.5 Å². The minimum absolute atomic E-state index is 0.0641. The van der Waals surface area contributed by atoms with Gasteiger partial charge in [-0.25, -0.2) is 14.4 Å². The Morgan fingerprint density at radius 1 is 1.26 bits per heavy atom. The van der Waals surface area contributed by atoms with E-state index in [4.69, 9.17) is 4.98 Å². The number of benzene rings is 1. The number of rotatable bonds is 5. The molecule has 0 aliphatic carbocycles. The van der Waals surface area contributed by atoms with Crippen LogP contribution in [0.3, 0.4) is 0 Å². The summed E-state index contributed by atoms with van der Waals surface area (Å²) in [6.45, 7) is 5.31. The van der Waals surface area contributed by atoms with E-state index >= 15 is 0 Å². The number of H-pyrrole nitrogens is 1. The third kappa shape index (κ3) is 4.28. The van der Waals surface area contributed by atoms with Crippen molar-refractivity contribution in [2.45, 2.75) is 32.1 Å². The van der Waals surface area contributed by atoms with Crippen molar-refractivity contribution < 1.29 is 9.18 Å². The maximum Gasteiger partial charge on any atom is 0.274 e. The average molecular weight is 423 g/mol. The number of carbonyl (C=O) groups is 1. The second-order valence-electron chi connectivity index (χ2n) is 8.47. The van der Waals surface area contributed by atoms with Crippen molar-refractivity contribution in [3.63, 3.8) is 0 Å². The molecule has 7 nitrogen and oxygen atoms in total. The van der Waals surface area contributed by atoms with Gasteiger partial charge >= 0.3 is 0 Å². The molecule has 1 aromatic carbocycles. The van der Waals surface area contributed by atoms with Crippen molar-refractivity contribution in [3.8, 4) is 11.1 Å². The number of anilines is 1. The van der Waals surface area contributed by atoms with Crippen LogP contribution in [0.25, 0.3) is 11.1 Å². The summed E-state index contributed by atoms with van der Waals surface area (Å²) in [5.41, 5.74) is 4.00. The first-order valence-corrected chi connectivity index (χ1v) is 10.5. The van der Waals surface area contributed by atoms with Gasteiger partial charge < -0.3 is 9.80 Å². The molecule has 3 aromatic rings. The molecule has 1 aliphatic heterocycles. The Labute approximate surface area is 181 Å². The predicted octanol–water partition coefficient (Wildman–Crippen LogP) is 3.82. The summed E-state index contributed by atoms with van der Waals surface area (Å²) in [4.78, 5) is 25.9. The van der Waals surface area contributed by atoms with Gasteiger partial charge in [0.15, 0.2) is 0 Å². The van der Waals surface area contributed by atoms with Gasteiger partial charge in [0.05, 0.1) is 5.69 Å². The van der Waals surface area contributed by atoms with E-state index in [0.29, 0.717) is 24.7 Å². The smallest absolute Gasteiger partial charge is 0.274 e. The molecule has 1 atom stereocenters. The van der Waals surface area contributed by atoms with Crippen LogP contribution in [-0.4, -0.2) is 58.2 Å². The third-order valence-corrected chi connectivity index (χ3v) is 5.66. The normalized spacial score (nSPS) is 16.2. The molecule has 4 rings (SSSR count). The molecule has 31 heavy (non-hydrogen) atoms.